The van der Waals surface area contributed by atoms with Gasteiger partial charge in [-0.2, -0.15) is 0 Å². The predicted octanol–water partition coefficient (Wildman–Crippen LogP) is 4.86. The molecule has 0 saturated heterocycles. The summed E-state index contributed by atoms with van der Waals surface area (Å²) in [6.45, 7) is 2.00. The van der Waals surface area contributed by atoms with Crippen molar-refractivity contribution in [2.45, 2.75) is 10.1 Å². The molecular weight excluding hydrogens is 336 g/mol. The molecule has 0 bridgehead atoms. The summed E-state index contributed by atoms with van der Waals surface area (Å²) < 4.78 is 0. The lowest BCUT2D eigenvalue weighted by atomic mass is 10.2. The van der Waals surface area contributed by atoms with Gasteiger partial charge in [0.15, 0.2) is 0 Å². The third-order valence-corrected chi connectivity index (χ3v) is 3.67. The topological polar surface area (TPSA) is 42.9 Å². The van der Waals surface area contributed by atoms with Crippen LogP contribution >= 0.6 is 25.3 Å². The zero-order chi connectivity index (χ0) is 17.4. The fourth-order valence-corrected chi connectivity index (χ4v) is 2.48. The van der Waals surface area contributed by atoms with Crippen LogP contribution < -0.4 is 0 Å². The molecule has 120 valence electrons. The quantitative estimate of drug-likeness (QED) is 0.444. The minimum absolute atomic E-state index is 0.767. The van der Waals surface area contributed by atoms with E-state index in [-0.39, 0.29) is 0 Å². The van der Waals surface area contributed by atoms with Crippen LogP contribution in [-0.2, 0) is 4.79 Å². The van der Waals surface area contributed by atoms with E-state index in [0.717, 1.165) is 31.9 Å². The molecule has 2 aromatic carbocycles. The first-order chi connectivity index (χ1) is 11.7. The number of hydrogen-bond donors (Lipinski definition) is 2. The van der Waals surface area contributed by atoms with E-state index in [1.807, 2.05) is 79.6 Å². The van der Waals surface area contributed by atoms with Gasteiger partial charge in [-0.1, -0.05) is 48.5 Å². The molecule has 2 aromatic heterocycles. The molecule has 0 aliphatic rings. The average molecular weight is 352 g/mol. The van der Waals surface area contributed by atoms with Crippen molar-refractivity contribution in [1.29, 1.82) is 0 Å². The van der Waals surface area contributed by atoms with Crippen molar-refractivity contribution in [3.8, 4) is 0 Å². The minimum atomic E-state index is 0.767. The fraction of sp³-hybridized carbons (Fsp3) is 0. The highest BCUT2D eigenvalue weighted by atomic mass is 32.1. The summed E-state index contributed by atoms with van der Waals surface area (Å²) in [5.41, 5.74) is 2.00. The van der Waals surface area contributed by atoms with Crippen LogP contribution in [0.5, 0.6) is 0 Å². The van der Waals surface area contributed by atoms with Gasteiger partial charge in [-0.05, 0) is 24.3 Å². The normalized spacial score (nSPS) is 9.58. The maximum Gasteiger partial charge on any atom is 0.106 e. The Kier molecular flexibility index (Phi) is 6.78. The second kappa shape index (κ2) is 9.05. The predicted molar refractivity (Wildman–Crippen MR) is 105 cm³/mol. The van der Waals surface area contributed by atoms with E-state index in [2.05, 4.69) is 35.2 Å². The maximum absolute atomic E-state index is 8.00. The molecule has 0 unspecified atom stereocenters. The second-order valence-corrected chi connectivity index (χ2v) is 5.64. The Balaban J connectivity index is 0.000000158. The van der Waals surface area contributed by atoms with Crippen molar-refractivity contribution >= 4 is 53.9 Å². The molecule has 0 aliphatic carbocycles. The van der Waals surface area contributed by atoms with Gasteiger partial charge in [0, 0.05) is 10.8 Å². The standard InChI is InChI=1S/2C9H7NS.CH2O/c2*11-9-6-5-7-3-1-2-4-8(7)10-9;1-2/h2*1-6H,(H,10,11);1H2. The minimum Gasteiger partial charge on any atom is -0.307 e. The molecule has 3 nitrogen and oxygen atoms in total. The van der Waals surface area contributed by atoms with Crippen molar-refractivity contribution in [2.75, 3.05) is 0 Å². The first-order valence-electron chi connectivity index (χ1n) is 7.11. The molecule has 0 radical (unpaired) electrons. The van der Waals surface area contributed by atoms with E-state index in [1.54, 1.807) is 0 Å². The van der Waals surface area contributed by atoms with Crippen LogP contribution in [0.15, 0.2) is 82.8 Å². The number of carbonyl (C=O) groups is 1. The number of carbonyl (C=O) groups excluding carboxylic acids is 1. The lowest BCUT2D eigenvalue weighted by Gasteiger charge is -1.95. The highest BCUT2D eigenvalue weighted by Crippen LogP contribution is 2.13. The summed E-state index contributed by atoms with van der Waals surface area (Å²) in [6, 6.07) is 23.8. The van der Waals surface area contributed by atoms with E-state index in [0.29, 0.717) is 0 Å². The number of benzene rings is 2. The SMILES string of the molecule is C=O.Sc1ccc2ccccc2n1.Sc1ccc2ccccc2n1. The van der Waals surface area contributed by atoms with Crippen LogP contribution in [0.25, 0.3) is 21.8 Å². The maximum atomic E-state index is 8.00. The van der Waals surface area contributed by atoms with Crippen molar-refractivity contribution in [3.05, 3.63) is 72.8 Å². The van der Waals surface area contributed by atoms with Gasteiger partial charge in [-0.15, -0.1) is 25.3 Å². The smallest absolute Gasteiger partial charge is 0.106 e. The molecule has 24 heavy (non-hydrogen) atoms. The summed E-state index contributed by atoms with van der Waals surface area (Å²) >= 11 is 8.30. The molecule has 0 fully saturated rings. The Labute approximate surface area is 151 Å². The van der Waals surface area contributed by atoms with Crippen LogP contribution in [0.4, 0.5) is 0 Å². The number of aromatic nitrogens is 2. The van der Waals surface area contributed by atoms with Crippen molar-refractivity contribution in [2.24, 2.45) is 0 Å². The number of rotatable bonds is 0. The Bertz CT molecular complexity index is 867. The van der Waals surface area contributed by atoms with Crippen molar-refractivity contribution in [1.82, 2.24) is 9.97 Å². The van der Waals surface area contributed by atoms with E-state index in [9.17, 15) is 0 Å². The lowest BCUT2D eigenvalue weighted by Crippen LogP contribution is -1.77. The van der Waals surface area contributed by atoms with E-state index < -0.39 is 0 Å². The second-order valence-electron chi connectivity index (χ2n) is 4.72. The third kappa shape index (κ3) is 4.81. The zero-order valence-corrected chi connectivity index (χ0v) is 14.6. The van der Waals surface area contributed by atoms with Gasteiger partial charge in [0.25, 0.3) is 0 Å². The highest BCUT2D eigenvalue weighted by molar-refractivity contribution is 7.80. The van der Waals surface area contributed by atoms with Gasteiger partial charge in [0.2, 0.25) is 0 Å². The Morgan fingerprint density at radius 1 is 0.583 bits per heavy atom. The summed E-state index contributed by atoms with van der Waals surface area (Å²) in [7, 11) is 0. The third-order valence-electron chi connectivity index (χ3n) is 3.17. The monoisotopic (exact) mass is 352 g/mol. The number of nitrogens with zero attached hydrogens (tertiary/aromatic N) is 2. The van der Waals surface area contributed by atoms with Gasteiger partial charge in [0.05, 0.1) is 21.1 Å². The van der Waals surface area contributed by atoms with Gasteiger partial charge in [0.1, 0.15) is 6.79 Å². The van der Waals surface area contributed by atoms with Crippen molar-refractivity contribution in [3.63, 3.8) is 0 Å². The molecule has 5 heteroatoms. The number of thiol groups is 2. The molecule has 0 atom stereocenters. The van der Waals surface area contributed by atoms with Gasteiger partial charge >= 0.3 is 0 Å². The number of pyridine rings is 2. The Hall–Kier alpha value is -2.37. The van der Waals surface area contributed by atoms with E-state index in [4.69, 9.17) is 4.79 Å². The van der Waals surface area contributed by atoms with Crippen LogP contribution in [-0.4, -0.2) is 16.8 Å². The Morgan fingerprint density at radius 3 is 1.38 bits per heavy atom. The van der Waals surface area contributed by atoms with Crippen LogP contribution in [0.2, 0.25) is 0 Å². The molecule has 0 saturated carbocycles. The average Bonchev–Trinajstić information content (AvgIpc) is 2.64. The summed E-state index contributed by atoms with van der Waals surface area (Å²) in [4.78, 5) is 16.5. The van der Waals surface area contributed by atoms with E-state index >= 15 is 0 Å². The van der Waals surface area contributed by atoms with Gasteiger partial charge in [-0.25, -0.2) is 9.97 Å². The number of hydrogen-bond acceptors (Lipinski definition) is 5. The molecule has 2 heterocycles. The first-order valence-corrected chi connectivity index (χ1v) is 8.00. The number of fused-ring (bicyclic) bond motifs is 2. The summed E-state index contributed by atoms with van der Waals surface area (Å²) in [6.07, 6.45) is 0. The van der Waals surface area contributed by atoms with Gasteiger partial charge in [-0.3, -0.25) is 0 Å². The molecular formula is C19H16N2OS2. The molecule has 0 aliphatic heterocycles. The molecule has 0 N–H and O–H groups in total. The fourth-order valence-electron chi connectivity index (χ4n) is 2.11. The zero-order valence-electron chi connectivity index (χ0n) is 12.8. The first kappa shape index (κ1) is 18.0. The van der Waals surface area contributed by atoms with Crippen molar-refractivity contribution < 1.29 is 4.79 Å². The highest BCUT2D eigenvalue weighted by Gasteiger charge is 1.92. The number of para-hydroxylation sites is 2. The molecule has 0 amide bonds. The van der Waals surface area contributed by atoms with Gasteiger partial charge < -0.3 is 4.79 Å². The largest absolute Gasteiger partial charge is 0.307 e. The van der Waals surface area contributed by atoms with Crippen LogP contribution in [0.1, 0.15) is 0 Å². The summed E-state index contributed by atoms with van der Waals surface area (Å²) in [5.74, 6) is 0. The molecule has 4 rings (SSSR count). The lowest BCUT2D eigenvalue weighted by molar-refractivity contribution is -0.0979. The van der Waals surface area contributed by atoms with Crippen LogP contribution in [0, 0.1) is 0 Å². The van der Waals surface area contributed by atoms with Crippen LogP contribution in [0.3, 0.4) is 0 Å². The molecule has 4 aromatic rings. The molecule has 0 spiro atoms. The Morgan fingerprint density at radius 2 is 0.958 bits per heavy atom. The van der Waals surface area contributed by atoms with E-state index in [1.165, 1.54) is 0 Å². The summed E-state index contributed by atoms with van der Waals surface area (Å²) in [5, 5.41) is 3.85.